The van der Waals surface area contributed by atoms with Crippen molar-refractivity contribution in [2.45, 2.75) is 219 Å². The van der Waals surface area contributed by atoms with E-state index in [4.69, 9.17) is 4.74 Å². The van der Waals surface area contributed by atoms with Crippen LogP contribution in [0.4, 0.5) is 0 Å². The zero-order valence-electron chi connectivity index (χ0n) is 33.5. The van der Waals surface area contributed by atoms with E-state index in [2.05, 4.69) is 74.7 Å². The highest BCUT2D eigenvalue weighted by Gasteiger charge is 2.24. The van der Waals surface area contributed by atoms with Gasteiger partial charge in [-0.3, -0.25) is 9.59 Å². The van der Waals surface area contributed by atoms with Crippen molar-refractivity contribution in [3.8, 4) is 0 Å². The van der Waals surface area contributed by atoms with Gasteiger partial charge in [0.15, 0.2) is 0 Å². The average Bonchev–Trinajstić information content (AvgIpc) is 3.12. The number of esters is 1. The van der Waals surface area contributed by atoms with Crippen LogP contribution in [0.15, 0.2) is 48.6 Å². The number of unbranched alkanes of at least 4 members (excludes halogenated alkanes) is 17. The van der Waals surface area contributed by atoms with Crippen LogP contribution < -0.4 is 5.32 Å². The molecular weight excluding hydrogens is 634 g/mol. The summed E-state index contributed by atoms with van der Waals surface area (Å²) in [5.74, 6) is -0.530. The lowest BCUT2D eigenvalue weighted by Crippen LogP contribution is -2.46. The third-order valence-electron chi connectivity index (χ3n) is 9.37. The van der Waals surface area contributed by atoms with E-state index in [-0.39, 0.29) is 24.9 Å². The number of ether oxygens (including phenoxy) is 1. The molecule has 0 aliphatic carbocycles. The Kier molecular flexibility index (Phi) is 37.4. The quantitative estimate of drug-likeness (QED) is 0.0338. The van der Waals surface area contributed by atoms with Crippen molar-refractivity contribution in [1.29, 1.82) is 0 Å². The van der Waals surface area contributed by atoms with Crippen LogP contribution in [0, 0.1) is 0 Å². The minimum atomic E-state index is -0.796. The van der Waals surface area contributed by atoms with Crippen molar-refractivity contribution in [3.63, 3.8) is 0 Å². The molecule has 0 saturated carbocycles. The first kappa shape index (κ1) is 48.8. The van der Waals surface area contributed by atoms with E-state index in [1.54, 1.807) is 0 Å². The van der Waals surface area contributed by atoms with Crippen LogP contribution in [0.25, 0.3) is 0 Å². The Balaban J connectivity index is 4.69. The topological polar surface area (TPSA) is 95.9 Å². The average molecular weight is 716 g/mol. The summed E-state index contributed by atoms with van der Waals surface area (Å²) in [5.41, 5.74) is 0. The van der Waals surface area contributed by atoms with E-state index in [0.717, 1.165) is 89.9 Å². The fourth-order valence-electron chi connectivity index (χ4n) is 6.15. The Labute approximate surface area is 315 Å². The predicted octanol–water partition coefficient (Wildman–Crippen LogP) is 11.9. The first-order chi connectivity index (χ1) is 25.0. The lowest BCUT2D eigenvalue weighted by molar-refractivity contribution is -0.151. The lowest BCUT2D eigenvalue weighted by Gasteiger charge is -2.24. The maximum atomic E-state index is 13.1. The van der Waals surface area contributed by atoms with E-state index in [1.165, 1.54) is 64.2 Å². The number of allylic oxidation sites excluding steroid dienone is 8. The molecule has 3 unspecified atom stereocenters. The van der Waals surface area contributed by atoms with Gasteiger partial charge >= 0.3 is 5.97 Å². The summed E-state index contributed by atoms with van der Waals surface area (Å²) in [7, 11) is 0. The standard InChI is InChI=1S/C45H81NO5/c1-4-7-10-13-16-19-22-23-24-27-30-33-36-41(51-45(50)38-35-32-29-26-21-18-15-12-9-6-3)39-44(49)46-42(40-47)43(48)37-34-31-28-25-20-17-14-11-8-5-2/h7,10,12,15-16,19,23-24,41-43,47-48H,4-6,8-9,11,13-14,17-18,20-22,25-40H2,1-3H3,(H,46,49)/b10-7+,15-12-,19-16+,24-23+. The Bertz CT molecular complexity index is 895. The third kappa shape index (κ3) is 34.7. The molecule has 0 saturated heterocycles. The van der Waals surface area contributed by atoms with Gasteiger partial charge in [0.1, 0.15) is 6.10 Å². The number of aliphatic hydroxyl groups is 2. The fraction of sp³-hybridized carbons (Fsp3) is 0.778. The number of hydrogen-bond acceptors (Lipinski definition) is 5. The van der Waals surface area contributed by atoms with Gasteiger partial charge in [-0.2, -0.15) is 0 Å². The molecule has 0 aromatic carbocycles. The second-order valence-electron chi connectivity index (χ2n) is 14.4. The molecule has 0 aliphatic rings. The fourth-order valence-corrected chi connectivity index (χ4v) is 6.15. The monoisotopic (exact) mass is 716 g/mol. The van der Waals surface area contributed by atoms with Gasteiger partial charge in [-0.1, -0.05) is 159 Å². The van der Waals surface area contributed by atoms with Crippen molar-refractivity contribution < 1.29 is 24.5 Å². The molecule has 0 heterocycles. The van der Waals surface area contributed by atoms with Crippen LogP contribution in [0.5, 0.6) is 0 Å². The number of amides is 1. The summed E-state index contributed by atoms with van der Waals surface area (Å²) in [6, 6.07) is -0.712. The minimum Gasteiger partial charge on any atom is -0.462 e. The third-order valence-corrected chi connectivity index (χ3v) is 9.37. The highest BCUT2D eigenvalue weighted by molar-refractivity contribution is 5.77. The molecule has 0 aromatic heterocycles. The van der Waals surface area contributed by atoms with Gasteiger partial charge in [-0.05, 0) is 77.0 Å². The van der Waals surface area contributed by atoms with Crippen LogP contribution >= 0.6 is 0 Å². The van der Waals surface area contributed by atoms with Crippen molar-refractivity contribution >= 4 is 11.9 Å². The second-order valence-corrected chi connectivity index (χ2v) is 14.4. The van der Waals surface area contributed by atoms with Gasteiger partial charge in [0.2, 0.25) is 5.91 Å². The summed E-state index contributed by atoms with van der Waals surface area (Å²) in [6.45, 7) is 6.26. The van der Waals surface area contributed by atoms with Crippen LogP contribution in [-0.4, -0.2) is 46.9 Å². The first-order valence-corrected chi connectivity index (χ1v) is 21.4. The molecule has 6 heteroatoms. The molecule has 0 bridgehead atoms. The Morgan fingerprint density at radius 2 is 1.10 bits per heavy atom. The SMILES string of the molecule is CC/C=C/C/C=C/C/C=C/CCCCC(CC(=O)NC(CO)C(O)CCCCCCCCCCCC)OC(=O)CCCCCCC/C=C\CCC. The highest BCUT2D eigenvalue weighted by atomic mass is 16.5. The lowest BCUT2D eigenvalue weighted by atomic mass is 10.0. The highest BCUT2D eigenvalue weighted by Crippen LogP contribution is 2.16. The zero-order valence-corrected chi connectivity index (χ0v) is 33.5. The van der Waals surface area contributed by atoms with Crippen molar-refractivity contribution in [2.24, 2.45) is 0 Å². The normalized spacial score (nSPS) is 13.9. The summed E-state index contributed by atoms with van der Waals surface area (Å²) >= 11 is 0. The van der Waals surface area contributed by atoms with Crippen LogP contribution in [0.1, 0.15) is 201 Å². The summed E-state index contributed by atoms with van der Waals surface area (Å²) < 4.78 is 5.85. The molecule has 6 nitrogen and oxygen atoms in total. The van der Waals surface area contributed by atoms with Crippen molar-refractivity contribution in [2.75, 3.05) is 6.61 Å². The number of hydrogen-bond donors (Lipinski definition) is 3. The van der Waals surface area contributed by atoms with E-state index in [0.29, 0.717) is 19.3 Å². The van der Waals surface area contributed by atoms with Gasteiger partial charge in [0.25, 0.3) is 0 Å². The molecule has 1 amide bonds. The van der Waals surface area contributed by atoms with Crippen LogP contribution in [-0.2, 0) is 14.3 Å². The molecule has 0 aliphatic heterocycles. The Morgan fingerprint density at radius 1 is 0.588 bits per heavy atom. The molecule has 3 N–H and O–H groups in total. The van der Waals surface area contributed by atoms with E-state index in [1.807, 2.05) is 0 Å². The predicted molar refractivity (Wildman–Crippen MR) is 218 cm³/mol. The summed E-state index contributed by atoms with van der Waals surface area (Å²) in [4.78, 5) is 25.8. The smallest absolute Gasteiger partial charge is 0.306 e. The number of nitrogens with one attached hydrogen (secondary N) is 1. The Morgan fingerprint density at radius 3 is 1.73 bits per heavy atom. The zero-order chi connectivity index (χ0) is 37.5. The van der Waals surface area contributed by atoms with Gasteiger partial charge in [0.05, 0.1) is 25.2 Å². The summed E-state index contributed by atoms with van der Waals surface area (Å²) in [6.07, 6.45) is 44.6. The van der Waals surface area contributed by atoms with Crippen molar-refractivity contribution in [3.05, 3.63) is 48.6 Å². The number of carbonyl (C=O) groups excluding carboxylic acids is 2. The minimum absolute atomic E-state index is 0.0475. The first-order valence-electron chi connectivity index (χ1n) is 21.4. The maximum Gasteiger partial charge on any atom is 0.306 e. The second kappa shape index (κ2) is 39.0. The van der Waals surface area contributed by atoms with Gasteiger partial charge in [-0.15, -0.1) is 0 Å². The van der Waals surface area contributed by atoms with E-state index >= 15 is 0 Å². The molecule has 0 spiro atoms. The van der Waals surface area contributed by atoms with E-state index < -0.39 is 18.2 Å². The van der Waals surface area contributed by atoms with Crippen molar-refractivity contribution in [1.82, 2.24) is 5.32 Å². The number of carbonyl (C=O) groups is 2. The molecule has 0 aromatic rings. The molecule has 3 atom stereocenters. The van der Waals surface area contributed by atoms with Gasteiger partial charge in [-0.25, -0.2) is 0 Å². The molecule has 51 heavy (non-hydrogen) atoms. The molecule has 0 radical (unpaired) electrons. The van der Waals surface area contributed by atoms with Gasteiger partial charge in [0, 0.05) is 6.42 Å². The number of rotatable bonds is 37. The molecule has 296 valence electrons. The van der Waals surface area contributed by atoms with E-state index in [9.17, 15) is 19.8 Å². The largest absolute Gasteiger partial charge is 0.462 e. The molecule has 0 rings (SSSR count). The van der Waals surface area contributed by atoms with Crippen LogP contribution in [0.2, 0.25) is 0 Å². The summed E-state index contributed by atoms with van der Waals surface area (Å²) in [5, 5.41) is 23.5. The number of aliphatic hydroxyl groups excluding tert-OH is 2. The maximum absolute atomic E-state index is 13.1. The molecule has 0 fully saturated rings. The Hall–Kier alpha value is -2.18. The molecular formula is C45H81NO5. The van der Waals surface area contributed by atoms with Crippen LogP contribution in [0.3, 0.4) is 0 Å². The van der Waals surface area contributed by atoms with Gasteiger partial charge < -0.3 is 20.3 Å².